The molecule has 1 aromatic heterocycles. The minimum absolute atomic E-state index is 0.0237. The Hall–Kier alpha value is -0.680. The summed E-state index contributed by atoms with van der Waals surface area (Å²) >= 11 is 7.29. The van der Waals surface area contributed by atoms with Crippen LogP contribution >= 0.6 is 23.1 Å². The van der Waals surface area contributed by atoms with E-state index in [2.05, 4.69) is 35.7 Å². The maximum absolute atomic E-state index is 12.0. The zero-order valence-electron chi connectivity index (χ0n) is 11.1. The molecule has 0 spiro atoms. The number of aryl methyl sites for hydroxylation is 1. The Bertz CT molecular complexity index is 381. The Labute approximate surface area is 117 Å². The summed E-state index contributed by atoms with van der Waals surface area (Å²) < 4.78 is 3.84. The summed E-state index contributed by atoms with van der Waals surface area (Å²) in [6, 6.07) is 0. The summed E-state index contributed by atoms with van der Waals surface area (Å²) in [6.45, 7) is 6.77. The molecule has 0 aliphatic heterocycles. The first-order valence-electron chi connectivity index (χ1n) is 6.28. The van der Waals surface area contributed by atoms with Crippen molar-refractivity contribution in [1.29, 1.82) is 0 Å². The molecule has 0 saturated carbocycles. The Kier molecular flexibility index (Phi) is 6.57. The molecule has 0 saturated heterocycles. The van der Waals surface area contributed by atoms with Crippen molar-refractivity contribution in [1.82, 2.24) is 14.9 Å². The summed E-state index contributed by atoms with van der Waals surface area (Å²) in [4.78, 5) is 12.6. The van der Waals surface area contributed by atoms with Crippen molar-refractivity contribution in [2.45, 2.75) is 45.4 Å². The number of alkyl halides is 1. The summed E-state index contributed by atoms with van der Waals surface area (Å²) in [5.41, 5.74) is 0.787. The van der Waals surface area contributed by atoms with E-state index in [1.54, 1.807) is 0 Å². The van der Waals surface area contributed by atoms with Crippen molar-refractivity contribution >= 4 is 29.0 Å². The zero-order valence-corrected chi connectivity index (χ0v) is 12.6. The minimum Gasteiger partial charge on any atom is -0.350 e. The molecule has 1 atom stereocenters. The number of rotatable bonds is 7. The van der Waals surface area contributed by atoms with Gasteiger partial charge >= 0.3 is 0 Å². The first-order valence-corrected chi connectivity index (χ1v) is 7.49. The predicted octanol–water partition coefficient (Wildman–Crippen LogP) is 2.87. The van der Waals surface area contributed by atoms with Gasteiger partial charge in [0.1, 0.15) is 4.88 Å². The average Bonchev–Trinajstić information content (AvgIpc) is 2.74. The number of halogens is 1. The molecule has 1 heterocycles. The van der Waals surface area contributed by atoms with Crippen molar-refractivity contribution in [3.05, 3.63) is 10.6 Å². The van der Waals surface area contributed by atoms with Crippen LogP contribution in [0.15, 0.2) is 0 Å². The highest BCUT2D eigenvalue weighted by atomic mass is 35.5. The van der Waals surface area contributed by atoms with E-state index in [0.717, 1.165) is 36.5 Å². The van der Waals surface area contributed by atoms with Crippen molar-refractivity contribution < 1.29 is 4.79 Å². The summed E-state index contributed by atoms with van der Waals surface area (Å²) in [6.07, 6.45) is 2.64. The highest BCUT2D eigenvalue weighted by Gasteiger charge is 2.16. The van der Waals surface area contributed by atoms with Crippen molar-refractivity contribution in [2.24, 2.45) is 5.92 Å². The number of hydrogen-bond acceptors (Lipinski definition) is 4. The van der Waals surface area contributed by atoms with Crippen LogP contribution in [0.4, 0.5) is 0 Å². The first-order chi connectivity index (χ1) is 8.54. The second kappa shape index (κ2) is 7.69. The van der Waals surface area contributed by atoms with E-state index in [-0.39, 0.29) is 11.3 Å². The van der Waals surface area contributed by atoms with Crippen LogP contribution in [0.2, 0.25) is 0 Å². The van der Waals surface area contributed by atoms with E-state index >= 15 is 0 Å². The van der Waals surface area contributed by atoms with Crippen molar-refractivity contribution in [2.75, 3.05) is 6.54 Å². The van der Waals surface area contributed by atoms with Crippen LogP contribution in [0.5, 0.6) is 0 Å². The van der Waals surface area contributed by atoms with Crippen LogP contribution in [-0.4, -0.2) is 27.4 Å². The van der Waals surface area contributed by atoms with Gasteiger partial charge in [0.05, 0.1) is 11.1 Å². The zero-order chi connectivity index (χ0) is 13.5. The predicted molar refractivity (Wildman–Crippen MR) is 75.3 cm³/mol. The molecular formula is C12H20ClN3OS. The molecule has 18 heavy (non-hydrogen) atoms. The minimum atomic E-state index is -0.108. The van der Waals surface area contributed by atoms with Gasteiger partial charge in [0.2, 0.25) is 0 Å². The lowest BCUT2D eigenvalue weighted by Crippen LogP contribution is -2.30. The van der Waals surface area contributed by atoms with E-state index in [1.165, 1.54) is 0 Å². The largest absolute Gasteiger partial charge is 0.350 e. The van der Waals surface area contributed by atoms with Crippen molar-refractivity contribution in [3.63, 3.8) is 0 Å². The maximum atomic E-state index is 12.0. The molecule has 4 nitrogen and oxygen atoms in total. The lowest BCUT2D eigenvalue weighted by molar-refractivity contribution is 0.0956. The SMILES string of the molecule is CCCc1nnsc1C(=O)NCC(Cl)CC(C)C. The Balaban J connectivity index is 2.47. The van der Waals surface area contributed by atoms with Crippen molar-refractivity contribution in [3.8, 4) is 0 Å². The number of aromatic nitrogens is 2. The molecule has 1 N–H and O–H groups in total. The first kappa shape index (κ1) is 15.4. The summed E-state index contributed by atoms with van der Waals surface area (Å²) in [7, 11) is 0. The quantitative estimate of drug-likeness (QED) is 0.785. The molecule has 6 heteroatoms. The Morgan fingerprint density at radius 1 is 1.50 bits per heavy atom. The number of hydrogen-bond donors (Lipinski definition) is 1. The van der Waals surface area contributed by atoms with E-state index in [1.807, 2.05) is 0 Å². The van der Waals surface area contributed by atoms with Crippen LogP contribution < -0.4 is 5.32 Å². The van der Waals surface area contributed by atoms with Crippen LogP contribution in [0, 0.1) is 5.92 Å². The molecule has 0 aliphatic rings. The smallest absolute Gasteiger partial charge is 0.265 e. The Morgan fingerprint density at radius 3 is 2.83 bits per heavy atom. The van der Waals surface area contributed by atoms with Crippen LogP contribution in [0.3, 0.4) is 0 Å². The molecule has 1 amide bonds. The lowest BCUT2D eigenvalue weighted by Gasteiger charge is -2.12. The second-order valence-corrected chi connectivity index (χ2v) is 6.11. The van der Waals surface area contributed by atoms with Crippen LogP contribution in [0.1, 0.15) is 49.0 Å². The molecule has 102 valence electrons. The normalized spacial score (nSPS) is 12.7. The number of carbonyl (C=O) groups excluding carboxylic acids is 1. The van der Waals surface area contributed by atoms with Gasteiger partial charge in [-0.05, 0) is 30.3 Å². The molecule has 1 unspecified atom stereocenters. The third kappa shape index (κ3) is 4.90. The van der Waals surface area contributed by atoms with Crippen LogP contribution in [0.25, 0.3) is 0 Å². The molecule has 0 bridgehead atoms. The summed E-state index contributed by atoms with van der Waals surface area (Å²) in [5.74, 6) is 0.424. The molecule has 0 fully saturated rings. The third-order valence-electron chi connectivity index (χ3n) is 2.46. The molecule has 1 rings (SSSR count). The van der Waals surface area contributed by atoms with Gasteiger partial charge in [0.25, 0.3) is 5.91 Å². The third-order valence-corrected chi connectivity index (χ3v) is 3.56. The van der Waals surface area contributed by atoms with Gasteiger partial charge in [0, 0.05) is 6.54 Å². The topological polar surface area (TPSA) is 54.9 Å². The fraction of sp³-hybridized carbons (Fsp3) is 0.750. The highest BCUT2D eigenvalue weighted by molar-refractivity contribution is 7.08. The number of nitrogens with one attached hydrogen (secondary N) is 1. The van der Waals surface area contributed by atoms with E-state index in [9.17, 15) is 4.79 Å². The molecule has 0 aromatic carbocycles. The summed E-state index contributed by atoms with van der Waals surface area (Å²) in [5, 5.41) is 6.80. The van der Waals surface area contributed by atoms with Gasteiger partial charge in [-0.3, -0.25) is 4.79 Å². The molecule has 0 radical (unpaired) electrons. The molecule has 0 aliphatic carbocycles. The van der Waals surface area contributed by atoms with Gasteiger partial charge in [-0.25, -0.2) is 0 Å². The van der Waals surface area contributed by atoms with Gasteiger partial charge in [-0.15, -0.1) is 16.7 Å². The standard InChI is InChI=1S/C12H20ClN3OS/c1-4-5-10-11(18-16-15-10)12(17)14-7-9(13)6-8(2)3/h8-9H,4-7H2,1-3H3,(H,14,17). The lowest BCUT2D eigenvalue weighted by atomic mass is 10.1. The average molecular weight is 290 g/mol. The van der Waals surface area contributed by atoms with E-state index < -0.39 is 0 Å². The van der Waals surface area contributed by atoms with E-state index in [0.29, 0.717) is 17.3 Å². The number of nitrogens with zero attached hydrogens (tertiary/aromatic N) is 2. The maximum Gasteiger partial charge on any atom is 0.265 e. The number of amides is 1. The Morgan fingerprint density at radius 2 is 2.22 bits per heavy atom. The van der Waals surface area contributed by atoms with Gasteiger partial charge in [-0.1, -0.05) is 31.7 Å². The highest BCUT2D eigenvalue weighted by Crippen LogP contribution is 2.13. The van der Waals surface area contributed by atoms with Gasteiger partial charge in [0.15, 0.2) is 0 Å². The van der Waals surface area contributed by atoms with Gasteiger partial charge < -0.3 is 5.32 Å². The van der Waals surface area contributed by atoms with E-state index in [4.69, 9.17) is 11.6 Å². The fourth-order valence-corrected chi connectivity index (χ4v) is 2.72. The van der Waals surface area contributed by atoms with Crippen LogP contribution in [-0.2, 0) is 6.42 Å². The fourth-order valence-electron chi connectivity index (χ4n) is 1.66. The second-order valence-electron chi connectivity index (χ2n) is 4.74. The molecular weight excluding hydrogens is 270 g/mol. The van der Waals surface area contributed by atoms with Gasteiger partial charge in [-0.2, -0.15) is 0 Å². The monoisotopic (exact) mass is 289 g/mol. The molecule has 1 aromatic rings. The number of carbonyl (C=O) groups is 1.